The zero-order chi connectivity index (χ0) is 12.3. The normalized spacial score (nSPS) is 18.5. The summed E-state index contributed by atoms with van der Waals surface area (Å²) in [5.74, 6) is 2.17. The van der Waals surface area contributed by atoms with Crippen LogP contribution in [0.2, 0.25) is 0 Å². The fraction of sp³-hybridized carbons (Fsp3) is 0.615. The highest BCUT2D eigenvalue weighted by atomic mass is 16.5. The fourth-order valence-electron chi connectivity index (χ4n) is 2.05. The molecule has 1 aliphatic carbocycles. The molecule has 3 N–H and O–H groups in total. The highest BCUT2D eigenvalue weighted by molar-refractivity contribution is 5.40. The minimum Gasteiger partial charge on any atom is -0.478 e. The van der Waals surface area contributed by atoms with Crippen molar-refractivity contribution in [3.8, 4) is 5.88 Å². The number of nitrogens with one attached hydrogen (secondary N) is 1. The second kappa shape index (κ2) is 4.92. The van der Waals surface area contributed by atoms with Crippen LogP contribution in [0.4, 0.5) is 5.82 Å². The van der Waals surface area contributed by atoms with E-state index >= 15 is 0 Å². The maximum Gasteiger partial charge on any atom is 0.215 e. The van der Waals surface area contributed by atoms with Gasteiger partial charge >= 0.3 is 0 Å². The van der Waals surface area contributed by atoms with Crippen LogP contribution in [0.5, 0.6) is 5.88 Å². The summed E-state index contributed by atoms with van der Waals surface area (Å²) in [5, 5.41) is 3.45. The van der Waals surface area contributed by atoms with Crippen LogP contribution in [0.25, 0.3) is 0 Å². The Bertz CT molecular complexity index is 379. The van der Waals surface area contributed by atoms with Crippen LogP contribution in [-0.2, 0) is 0 Å². The van der Waals surface area contributed by atoms with Crippen molar-refractivity contribution in [1.29, 1.82) is 0 Å². The number of nitrogens with two attached hydrogens (primary N) is 1. The Morgan fingerprint density at radius 3 is 2.88 bits per heavy atom. The van der Waals surface area contributed by atoms with Crippen LogP contribution in [0, 0.1) is 5.92 Å². The van der Waals surface area contributed by atoms with Crippen LogP contribution in [0.15, 0.2) is 18.2 Å². The Morgan fingerprint density at radius 2 is 2.29 bits per heavy atom. The Kier molecular flexibility index (Phi) is 3.52. The summed E-state index contributed by atoms with van der Waals surface area (Å²) < 4.78 is 5.39. The van der Waals surface area contributed by atoms with Crippen molar-refractivity contribution >= 4 is 5.82 Å². The van der Waals surface area contributed by atoms with Gasteiger partial charge in [-0.25, -0.2) is 0 Å². The first-order valence-corrected chi connectivity index (χ1v) is 6.26. The van der Waals surface area contributed by atoms with Gasteiger partial charge in [-0.15, -0.1) is 0 Å². The molecule has 4 nitrogen and oxygen atoms in total. The Hall–Kier alpha value is -1.29. The average molecular weight is 235 g/mol. The summed E-state index contributed by atoms with van der Waals surface area (Å²) in [6.07, 6.45) is 2.51. The fourth-order valence-corrected chi connectivity index (χ4v) is 2.05. The van der Waals surface area contributed by atoms with E-state index in [1.807, 2.05) is 25.1 Å². The molecule has 0 saturated heterocycles. The van der Waals surface area contributed by atoms with E-state index in [-0.39, 0.29) is 5.54 Å². The summed E-state index contributed by atoms with van der Waals surface area (Å²) in [5.41, 5.74) is 5.83. The van der Waals surface area contributed by atoms with Gasteiger partial charge in [-0.05, 0) is 38.7 Å². The number of rotatable bonds is 6. The SMILES string of the molecule is CCOc1cccc(NC(C)(CN)C2CC2)n1. The largest absolute Gasteiger partial charge is 0.478 e. The van der Waals surface area contributed by atoms with Crippen molar-refractivity contribution in [3.63, 3.8) is 0 Å². The molecule has 1 atom stereocenters. The summed E-state index contributed by atoms with van der Waals surface area (Å²) in [4.78, 5) is 4.42. The van der Waals surface area contributed by atoms with Gasteiger partial charge in [0.15, 0.2) is 0 Å². The van der Waals surface area contributed by atoms with Crippen molar-refractivity contribution in [3.05, 3.63) is 18.2 Å². The van der Waals surface area contributed by atoms with Gasteiger partial charge in [-0.3, -0.25) is 0 Å². The van der Waals surface area contributed by atoms with E-state index in [2.05, 4.69) is 17.2 Å². The molecule has 1 fully saturated rings. The van der Waals surface area contributed by atoms with Gasteiger partial charge in [0.05, 0.1) is 12.1 Å². The molecular weight excluding hydrogens is 214 g/mol. The lowest BCUT2D eigenvalue weighted by molar-refractivity contribution is 0.327. The number of pyridine rings is 1. The third kappa shape index (κ3) is 2.88. The summed E-state index contributed by atoms with van der Waals surface area (Å²) in [7, 11) is 0. The zero-order valence-corrected chi connectivity index (χ0v) is 10.6. The molecule has 0 radical (unpaired) electrons. The average Bonchev–Trinajstić information content (AvgIpc) is 3.14. The molecule has 1 aromatic rings. The molecule has 2 rings (SSSR count). The Balaban J connectivity index is 2.08. The second-order valence-electron chi connectivity index (χ2n) is 4.81. The van der Waals surface area contributed by atoms with Crippen molar-refractivity contribution in [2.75, 3.05) is 18.5 Å². The molecule has 1 aromatic heterocycles. The maximum absolute atomic E-state index is 5.87. The molecule has 4 heteroatoms. The number of nitrogens with zero attached hydrogens (tertiary/aromatic N) is 1. The van der Waals surface area contributed by atoms with Gasteiger partial charge in [0.1, 0.15) is 5.82 Å². The predicted octanol–water partition coefficient (Wildman–Crippen LogP) is 2.02. The first kappa shape index (κ1) is 12.2. The van der Waals surface area contributed by atoms with Crippen LogP contribution in [0.3, 0.4) is 0 Å². The number of anilines is 1. The van der Waals surface area contributed by atoms with Gasteiger partial charge in [-0.1, -0.05) is 6.07 Å². The highest BCUT2D eigenvalue weighted by Crippen LogP contribution is 2.40. The molecule has 1 saturated carbocycles. The Labute approximate surface area is 103 Å². The number of ether oxygens (including phenoxy) is 1. The van der Waals surface area contributed by atoms with E-state index in [0.717, 1.165) is 5.82 Å². The maximum atomic E-state index is 5.87. The van der Waals surface area contributed by atoms with Crippen LogP contribution in [-0.4, -0.2) is 23.7 Å². The lowest BCUT2D eigenvalue weighted by Crippen LogP contribution is -2.44. The topological polar surface area (TPSA) is 60.2 Å². The van der Waals surface area contributed by atoms with Gasteiger partial charge in [0.2, 0.25) is 5.88 Å². The van der Waals surface area contributed by atoms with E-state index in [9.17, 15) is 0 Å². The zero-order valence-electron chi connectivity index (χ0n) is 10.6. The lowest BCUT2D eigenvalue weighted by Gasteiger charge is -2.30. The summed E-state index contributed by atoms with van der Waals surface area (Å²) >= 11 is 0. The molecule has 0 amide bonds. The third-order valence-corrected chi connectivity index (χ3v) is 3.33. The van der Waals surface area contributed by atoms with Crippen LogP contribution < -0.4 is 15.8 Å². The van der Waals surface area contributed by atoms with Gasteiger partial charge in [0, 0.05) is 12.6 Å². The minimum absolute atomic E-state index is 0.0438. The molecule has 94 valence electrons. The van der Waals surface area contributed by atoms with E-state index < -0.39 is 0 Å². The van der Waals surface area contributed by atoms with Crippen molar-refractivity contribution < 1.29 is 4.74 Å². The second-order valence-corrected chi connectivity index (χ2v) is 4.81. The number of aromatic nitrogens is 1. The van der Waals surface area contributed by atoms with Gasteiger partial charge < -0.3 is 15.8 Å². The Morgan fingerprint density at radius 1 is 1.53 bits per heavy atom. The highest BCUT2D eigenvalue weighted by Gasteiger charge is 2.40. The summed E-state index contributed by atoms with van der Waals surface area (Å²) in [6.45, 7) is 5.38. The summed E-state index contributed by atoms with van der Waals surface area (Å²) in [6, 6.07) is 5.77. The van der Waals surface area contributed by atoms with Crippen molar-refractivity contribution in [2.24, 2.45) is 11.7 Å². The molecule has 0 aromatic carbocycles. The van der Waals surface area contributed by atoms with Crippen molar-refractivity contribution in [1.82, 2.24) is 4.98 Å². The molecule has 0 spiro atoms. The van der Waals surface area contributed by atoms with E-state index in [0.29, 0.717) is 24.9 Å². The quantitative estimate of drug-likeness (QED) is 0.792. The lowest BCUT2D eigenvalue weighted by atomic mass is 9.96. The van der Waals surface area contributed by atoms with E-state index in [4.69, 9.17) is 10.5 Å². The van der Waals surface area contributed by atoms with Gasteiger partial charge in [0.25, 0.3) is 0 Å². The van der Waals surface area contributed by atoms with E-state index in [1.165, 1.54) is 12.8 Å². The van der Waals surface area contributed by atoms with Crippen LogP contribution >= 0.6 is 0 Å². The predicted molar refractivity (Wildman–Crippen MR) is 69.2 cm³/mol. The van der Waals surface area contributed by atoms with E-state index in [1.54, 1.807) is 0 Å². The third-order valence-electron chi connectivity index (χ3n) is 3.33. The smallest absolute Gasteiger partial charge is 0.215 e. The standard InChI is InChI=1S/C13H21N3O/c1-3-17-12-6-4-5-11(15-12)16-13(2,9-14)10-7-8-10/h4-6,10H,3,7-9,14H2,1-2H3,(H,15,16). The number of hydrogen-bond acceptors (Lipinski definition) is 4. The first-order valence-electron chi connectivity index (χ1n) is 6.26. The molecule has 17 heavy (non-hydrogen) atoms. The molecule has 0 bridgehead atoms. The first-order chi connectivity index (χ1) is 8.18. The monoisotopic (exact) mass is 235 g/mol. The molecule has 1 unspecified atom stereocenters. The number of hydrogen-bond donors (Lipinski definition) is 2. The van der Waals surface area contributed by atoms with Crippen LogP contribution in [0.1, 0.15) is 26.7 Å². The molecule has 1 aliphatic rings. The van der Waals surface area contributed by atoms with Crippen molar-refractivity contribution in [2.45, 2.75) is 32.2 Å². The molecular formula is C13H21N3O. The minimum atomic E-state index is -0.0438. The van der Waals surface area contributed by atoms with Gasteiger partial charge in [-0.2, -0.15) is 4.98 Å². The molecule has 0 aliphatic heterocycles. The molecule has 1 heterocycles.